The number of halogens is 1. The highest BCUT2D eigenvalue weighted by molar-refractivity contribution is 5.45. The Morgan fingerprint density at radius 1 is 0.920 bits per heavy atom. The standard InChI is InChI=1S/C16H25FO.C7H16/c1-5-7-9-13-12(8-6-2)10-14(18)15(11(3)4)16(13)17;1-4-5-6-7(2)3/h10-11,18H,5-9H2,1-4H3;7H,4-6H2,1-3H3. The summed E-state index contributed by atoms with van der Waals surface area (Å²) in [6.07, 6.45) is 8.78. The van der Waals surface area contributed by atoms with E-state index in [4.69, 9.17) is 0 Å². The van der Waals surface area contributed by atoms with Gasteiger partial charge in [0.25, 0.3) is 0 Å². The van der Waals surface area contributed by atoms with Crippen molar-refractivity contribution in [3.63, 3.8) is 0 Å². The van der Waals surface area contributed by atoms with Gasteiger partial charge in [-0.2, -0.15) is 0 Å². The molecule has 0 fully saturated rings. The van der Waals surface area contributed by atoms with E-state index < -0.39 is 0 Å². The van der Waals surface area contributed by atoms with Crippen molar-refractivity contribution in [2.45, 2.75) is 106 Å². The molecule has 0 aliphatic heterocycles. The van der Waals surface area contributed by atoms with E-state index in [2.05, 4.69) is 34.6 Å². The lowest BCUT2D eigenvalue weighted by Gasteiger charge is -2.17. The molecule has 1 aromatic carbocycles. The molecule has 0 aliphatic rings. The van der Waals surface area contributed by atoms with Crippen molar-refractivity contribution in [1.82, 2.24) is 0 Å². The summed E-state index contributed by atoms with van der Waals surface area (Å²) in [5.41, 5.74) is 2.27. The number of aryl methyl sites for hydroxylation is 1. The molecule has 0 bridgehead atoms. The van der Waals surface area contributed by atoms with Crippen molar-refractivity contribution >= 4 is 0 Å². The smallest absolute Gasteiger partial charge is 0.133 e. The maximum Gasteiger partial charge on any atom is 0.133 e. The van der Waals surface area contributed by atoms with Crippen LogP contribution in [0.25, 0.3) is 0 Å². The Morgan fingerprint density at radius 2 is 1.52 bits per heavy atom. The molecule has 0 saturated carbocycles. The van der Waals surface area contributed by atoms with Crippen molar-refractivity contribution < 1.29 is 9.50 Å². The van der Waals surface area contributed by atoms with Gasteiger partial charge in [0, 0.05) is 5.56 Å². The SMILES string of the molecule is CCCCC(C)C.CCCCc1c(CCC)cc(O)c(C(C)C)c1F. The lowest BCUT2D eigenvalue weighted by Crippen LogP contribution is -2.05. The van der Waals surface area contributed by atoms with Gasteiger partial charge >= 0.3 is 0 Å². The van der Waals surface area contributed by atoms with E-state index >= 15 is 0 Å². The molecule has 1 rings (SSSR count). The van der Waals surface area contributed by atoms with Crippen LogP contribution in [0.4, 0.5) is 4.39 Å². The molecule has 0 heterocycles. The normalized spacial score (nSPS) is 11.0. The Labute approximate surface area is 156 Å². The number of phenolic OH excluding ortho intramolecular Hbond substituents is 1. The molecule has 1 aromatic rings. The number of hydrogen-bond donors (Lipinski definition) is 1. The van der Waals surface area contributed by atoms with Crippen LogP contribution in [0, 0.1) is 11.7 Å². The van der Waals surface area contributed by atoms with Gasteiger partial charge in [-0.1, -0.05) is 80.6 Å². The quantitative estimate of drug-likeness (QED) is 0.481. The maximum absolute atomic E-state index is 14.5. The second-order valence-electron chi connectivity index (χ2n) is 7.81. The van der Waals surface area contributed by atoms with Crippen LogP contribution in [-0.4, -0.2) is 5.11 Å². The Hall–Kier alpha value is -1.05. The molecular formula is C23H41FO. The third kappa shape index (κ3) is 8.74. The number of phenols is 1. The van der Waals surface area contributed by atoms with Crippen LogP contribution in [-0.2, 0) is 12.8 Å². The topological polar surface area (TPSA) is 20.2 Å². The second kappa shape index (κ2) is 13.2. The molecule has 1 N–H and O–H groups in total. The first-order chi connectivity index (χ1) is 11.8. The van der Waals surface area contributed by atoms with Crippen LogP contribution >= 0.6 is 0 Å². The third-order valence-corrected chi connectivity index (χ3v) is 4.49. The highest BCUT2D eigenvalue weighted by atomic mass is 19.1. The molecule has 1 nitrogen and oxygen atoms in total. The Morgan fingerprint density at radius 3 is 1.92 bits per heavy atom. The van der Waals surface area contributed by atoms with Gasteiger partial charge in [-0.15, -0.1) is 0 Å². The molecule has 2 heteroatoms. The summed E-state index contributed by atoms with van der Waals surface area (Å²) in [7, 11) is 0. The van der Waals surface area contributed by atoms with Crippen LogP contribution < -0.4 is 0 Å². The first-order valence-electron chi connectivity index (χ1n) is 10.3. The Balaban J connectivity index is 0.000000697. The van der Waals surface area contributed by atoms with E-state index in [0.29, 0.717) is 5.56 Å². The highest BCUT2D eigenvalue weighted by Gasteiger charge is 2.19. The maximum atomic E-state index is 14.5. The van der Waals surface area contributed by atoms with Gasteiger partial charge in [-0.05, 0) is 48.3 Å². The predicted molar refractivity (Wildman–Crippen MR) is 109 cm³/mol. The van der Waals surface area contributed by atoms with Crippen molar-refractivity contribution in [3.05, 3.63) is 28.6 Å². The van der Waals surface area contributed by atoms with Gasteiger partial charge in [0.2, 0.25) is 0 Å². The van der Waals surface area contributed by atoms with Crippen LogP contribution in [0.15, 0.2) is 6.07 Å². The zero-order valence-electron chi connectivity index (χ0n) is 17.7. The van der Waals surface area contributed by atoms with Crippen LogP contribution in [0.5, 0.6) is 5.75 Å². The minimum atomic E-state index is -0.179. The lowest BCUT2D eigenvalue weighted by atomic mass is 9.91. The van der Waals surface area contributed by atoms with Crippen LogP contribution in [0.1, 0.15) is 110 Å². The van der Waals surface area contributed by atoms with Crippen LogP contribution in [0.2, 0.25) is 0 Å². The average Bonchev–Trinajstić information content (AvgIpc) is 2.53. The molecule has 0 aliphatic carbocycles. The van der Waals surface area contributed by atoms with E-state index in [9.17, 15) is 9.50 Å². The van der Waals surface area contributed by atoms with Gasteiger partial charge in [0.1, 0.15) is 11.6 Å². The summed E-state index contributed by atoms with van der Waals surface area (Å²) in [6, 6.07) is 1.77. The van der Waals surface area contributed by atoms with E-state index in [-0.39, 0.29) is 17.5 Å². The largest absolute Gasteiger partial charge is 0.508 e. The molecule has 0 spiro atoms. The van der Waals surface area contributed by atoms with E-state index in [0.717, 1.165) is 49.1 Å². The van der Waals surface area contributed by atoms with Gasteiger partial charge in [0.05, 0.1) is 0 Å². The molecule has 0 amide bonds. The van der Waals surface area contributed by atoms with E-state index in [1.54, 1.807) is 6.07 Å². The summed E-state index contributed by atoms with van der Waals surface area (Å²) in [5.74, 6) is 0.856. The molecule has 0 atom stereocenters. The van der Waals surface area contributed by atoms with Crippen molar-refractivity contribution in [2.75, 3.05) is 0 Å². The number of aromatic hydroxyl groups is 1. The minimum Gasteiger partial charge on any atom is -0.508 e. The number of rotatable bonds is 9. The van der Waals surface area contributed by atoms with E-state index in [1.807, 2.05) is 13.8 Å². The van der Waals surface area contributed by atoms with Gasteiger partial charge in [0.15, 0.2) is 0 Å². The zero-order valence-corrected chi connectivity index (χ0v) is 17.7. The summed E-state index contributed by atoms with van der Waals surface area (Å²) in [4.78, 5) is 0. The van der Waals surface area contributed by atoms with E-state index in [1.165, 1.54) is 19.3 Å². The minimum absolute atomic E-state index is 0.0149. The highest BCUT2D eigenvalue weighted by Crippen LogP contribution is 2.33. The molecule has 25 heavy (non-hydrogen) atoms. The fourth-order valence-electron chi connectivity index (χ4n) is 3.02. The van der Waals surface area contributed by atoms with Crippen molar-refractivity contribution in [3.8, 4) is 5.75 Å². The Kier molecular flexibility index (Phi) is 12.6. The molecule has 0 unspecified atom stereocenters. The summed E-state index contributed by atoms with van der Waals surface area (Å²) >= 11 is 0. The second-order valence-corrected chi connectivity index (χ2v) is 7.81. The predicted octanol–water partition coefficient (Wildman–Crippen LogP) is 7.78. The van der Waals surface area contributed by atoms with Gasteiger partial charge in [-0.3, -0.25) is 0 Å². The first-order valence-corrected chi connectivity index (χ1v) is 10.3. The summed E-state index contributed by atoms with van der Waals surface area (Å²) < 4.78 is 14.5. The number of benzene rings is 1. The van der Waals surface area contributed by atoms with Gasteiger partial charge < -0.3 is 5.11 Å². The van der Waals surface area contributed by atoms with Crippen molar-refractivity contribution in [1.29, 1.82) is 0 Å². The first kappa shape index (κ1) is 23.9. The number of hydrogen-bond acceptors (Lipinski definition) is 1. The molecule has 0 aromatic heterocycles. The molecule has 0 saturated heterocycles. The molecular weight excluding hydrogens is 311 g/mol. The zero-order chi connectivity index (χ0) is 19.4. The summed E-state index contributed by atoms with van der Waals surface area (Å²) in [6.45, 7) is 14.8. The monoisotopic (exact) mass is 352 g/mol. The fraction of sp³-hybridized carbons (Fsp3) is 0.739. The lowest BCUT2D eigenvalue weighted by molar-refractivity contribution is 0.450. The van der Waals surface area contributed by atoms with Gasteiger partial charge in [-0.25, -0.2) is 4.39 Å². The Bertz CT molecular complexity index is 477. The number of unbranched alkanes of at least 4 members (excludes halogenated alkanes) is 2. The fourth-order valence-corrected chi connectivity index (χ4v) is 3.02. The average molecular weight is 353 g/mol. The molecule has 0 radical (unpaired) electrons. The third-order valence-electron chi connectivity index (χ3n) is 4.49. The van der Waals surface area contributed by atoms with Crippen LogP contribution in [0.3, 0.4) is 0 Å². The molecule has 146 valence electrons. The van der Waals surface area contributed by atoms with Crippen molar-refractivity contribution in [2.24, 2.45) is 5.92 Å². The summed E-state index contributed by atoms with van der Waals surface area (Å²) in [5, 5.41) is 9.98.